The minimum atomic E-state index is 0.109. The smallest absolute Gasteiger partial charge is 0.123 e. The van der Waals surface area contributed by atoms with Crippen LogP contribution in [-0.2, 0) is 6.42 Å². The Morgan fingerprint density at radius 1 is 1.32 bits per heavy atom. The molecule has 19 heavy (non-hydrogen) atoms. The number of benzene rings is 1. The van der Waals surface area contributed by atoms with E-state index in [9.17, 15) is 0 Å². The largest absolute Gasteiger partial charge is 0.488 e. The molecule has 1 unspecified atom stereocenters. The molecule has 2 rings (SSSR count). The second kappa shape index (κ2) is 5.93. The third-order valence-corrected chi connectivity index (χ3v) is 4.70. The zero-order chi connectivity index (χ0) is 13.9. The Morgan fingerprint density at radius 3 is 2.58 bits per heavy atom. The first-order chi connectivity index (χ1) is 9.15. The van der Waals surface area contributed by atoms with Gasteiger partial charge in [0.25, 0.3) is 0 Å². The van der Waals surface area contributed by atoms with Gasteiger partial charge in [0.1, 0.15) is 11.9 Å². The van der Waals surface area contributed by atoms with E-state index >= 15 is 0 Å². The fourth-order valence-corrected chi connectivity index (χ4v) is 3.09. The summed E-state index contributed by atoms with van der Waals surface area (Å²) in [6.07, 6.45) is 3.42. The average molecular weight is 262 g/mol. The van der Waals surface area contributed by atoms with Crippen LogP contribution in [0.4, 0.5) is 0 Å². The molecule has 2 N–H and O–H groups in total. The molecule has 0 aromatic heterocycles. The van der Waals surface area contributed by atoms with Crippen molar-refractivity contribution in [3.8, 4) is 5.75 Å². The minimum absolute atomic E-state index is 0.109. The first-order valence-corrected chi connectivity index (χ1v) is 7.31. The Balaban J connectivity index is 2.00. The lowest BCUT2D eigenvalue weighted by molar-refractivity contribution is 0.0703. The van der Waals surface area contributed by atoms with Gasteiger partial charge in [0.05, 0.1) is 0 Å². The molecule has 1 heterocycles. The Hall–Kier alpha value is -1.06. The monoisotopic (exact) mass is 262 g/mol. The average Bonchev–Trinajstić information content (AvgIpc) is 2.83. The Morgan fingerprint density at radius 2 is 2.00 bits per heavy atom. The van der Waals surface area contributed by atoms with Gasteiger partial charge in [0.15, 0.2) is 0 Å². The van der Waals surface area contributed by atoms with Crippen molar-refractivity contribution < 1.29 is 4.74 Å². The molecule has 0 spiro atoms. The van der Waals surface area contributed by atoms with Gasteiger partial charge >= 0.3 is 0 Å². The highest BCUT2D eigenvalue weighted by molar-refractivity contribution is 5.37. The van der Waals surface area contributed by atoms with Crippen LogP contribution in [-0.4, -0.2) is 36.7 Å². The van der Waals surface area contributed by atoms with Crippen LogP contribution >= 0.6 is 0 Å². The first kappa shape index (κ1) is 14.4. The molecular weight excluding hydrogens is 236 g/mol. The van der Waals surface area contributed by atoms with Gasteiger partial charge in [-0.2, -0.15) is 0 Å². The van der Waals surface area contributed by atoms with E-state index < -0.39 is 0 Å². The van der Waals surface area contributed by atoms with E-state index in [1.807, 2.05) is 6.07 Å². The predicted molar refractivity (Wildman–Crippen MR) is 79.6 cm³/mol. The maximum atomic E-state index is 6.02. The molecule has 3 heteroatoms. The summed E-state index contributed by atoms with van der Waals surface area (Å²) in [7, 11) is 2.17. The molecule has 0 saturated heterocycles. The van der Waals surface area contributed by atoms with Crippen LogP contribution in [0.25, 0.3) is 0 Å². The van der Waals surface area contributed by atoms with E-state index in [1.54, 1.807) is 0 Å². The lowest BCUT2D eigenvalue weighted by atomic mass is 9.90. The summed E-state index contributed by atoms with van der Waals surface area (Å²) < 4.78 is 6.02. The van der Waals surface area contributed by atoms with Crippen LogP contribution in [0.2, 0.25) is 0 Å². The van der Waals surface area contributed by atoms with Crippen molar-refractivity contribution in [1.29, 1.82) is 0 Å². The summed E-state index contributed by atoms with van der Waals surface area (Å²) in [5.74, 6) is 1.05. The molecule has 1 aliphatic rings. The van der Waals surface area contributed by atoms with Crippen molar-refractivity contribution in [2.24, 2.45) is 5.73 Å². The molecule has 0 aliphatic carbocycles. The molecule has 3 nitrogen and oxygen atoms in total. The molecule has 1 atom stereocenters. The predicted octanol–water partition coefficient (Wildman–Crippen LogP) is 2.44. The molecule has 0 fully saturated rings. The fraction of sp³-hybridized carbons (Fsp3) is 0.625. The summed E-state index contributed by atoms with van der Waals surface area (Å²) >= 11 is 0. The molecule has 0 amide bonds. The van der Waals surface area contributed by atoms with Crippen molar-refractivity contribution in [1.82, 2.24) is 4.90 Å². The Bertz CT molecular complexity index is 382. The van der Waals surface area contributed by atoms with Crippen LogP contribution in [0.5, 0.6) is 5.75 Å². The van der Waals surface area contributed by atoms with Crippen LogP contribution < -0.4 is 10.5 Å². The molecule has 1 aromatic carbocycles. The van der Waals surface area contributed by atoms with Gasteiger partial charge in [0.2, 0.25) is 0 Å². The topological polar surface area (TPSA) is 38.5 Å². The van der Waals surface area contributed by atoms with Crippen LogP contribution in [0.3, 0.4) is 0 Å². The third kappa shape index (κ3) is 2.77. The quantitative estimate of drug-likeness (QED) is 0.856. The number of rotatable bonds is 6. The number of likely N-dealkylation sites (N-methyl/N-ethyl adjacent to an activating group) is 1. The molecule has 1 aliphatic heterocycles. The van der Waals surface area contributed by atoms with E-state index in [0.717, 1.165) is 31.6 Å². The number of nitrogens with two attached hydrogens (primary N) is 1. The van der Waals surface area contributed by atoms with Crippen LogP contribution in [0, 0.1) is 0 Å². The van der Waals surface area contributed by atoms with Gasteiger partial charge in [-0.1, -0.05) is 32.0 Å². The zero-order valence-corrected chi connectivity index (χ0v) is 12.4. The fourth-order valence-electron chi connectivity index (χ4n) is 3.09. The van der Waals surface area contributed by atoms with Crippen molar-refractivity contribution in [3.63, 3.8) is 0 Å². The number of hydrogen-bond donors (Lipinski definition) is 1. The molecule has 0 saturated carbocycles. The maximum absolute atomic E-state index is 6.02. The SMILES string of the molecule is CCC(CC)(CN)N(C)CC1Cc2ccccc2O1. The van der Waals surface area contributed by atoms with E-state index in [1.165, 1.54) is 5.56 Å². The van der Waals surface area contributed by atoms with Gasteiger partial charge < -0.3 is 10.5 Å². The van der Waals surface area contributed by atoms with E-state index in [2.05, 4.69) is 44.0 Å². The van der Waals surface area contributed by atoms with Crippen LogP contribution in [0.1, 0.15) is 32.3 Å². The highest BCUT2D eigenvalue weighted by atomic mass is 16.5. The normalized spacial score (nSPS) is 18.5. The second-order valence-corrected chi connectivity index (χ2v) is 5.57. The lowest BCUT2D eigenvalue weighted by Crippen LogP contribution is -2.53. The number of nitrogens with zero attached hydrogens (tertiary/aromatic N) is 1. The van der Waals surface area contributed by atoms with Gasteiger partial charge in [-0.05, 0) is 31.5 Å². The van der Waals surface area contributed by atoms with Crippen LogP contribution in [0.15, 0.2) is 24.3 Å². The summed E-state index contributed by atoms with van der Waals surface area (Å²) in [6, 6.07) is 8.33. The van der Waals surface area contributed by atoms with Gasteiger partial charge in [0, 0.05) is 25.0 Å². The molecule has 0 radical (unpaired) electrons. The molecular formula is C16H26N2O. The van der Waals surface area contributed by atoms with Gasteiger partial charge in [-0.15, -0.1) is 0 Å². The standard InChI is InChI=1S/C16H26N2O/c1-4-16(5-2,12-17)18(3)11-14-10-13-8-6-7-9-15(13)19-14/h6-9,14H,4-5,10-12,17H2,1-3H3. The van der Waals surface area contributed by atoms with Crippen molar-refractivity contribution in [3.05, 3.63) is 29.8 Å². The highest BCUT2D eigenvalue weighted by Crippen LogP contribution is 2.30. The third-order valence-electron chi connectivity index (χ3n) is 4.70. The van der Waals surface area contributed by atoms with Crippen molar-refractivity contribution >= 4 is 0 Å². The summed E-state index contributed by atoms with van der Waals surface area (Å²) in [5.41, 5.74) is 7.44. The van der Waals surface area contributed by atoms with Gasteiger partial charge in [-0.3, -0.25) is 4.90 Å². The van der Waals surface area contributed by atoms with Crippen molar-refractivity contribution in [2.45, 2.75) is 44.8 Å². The Kier molecular flexibility index (Phi) is 4.48. The molecule has 1 aromatic rings. The highest BCUT2D eigenvalue weighted by Gasteiger charge is 2.33. The Labute approximate surface area is 116 Å². The number of para-hydroxylation sites is 1. The van der Waals surface area contributed by atoms with E-state index in [0.29, 0.717) is 6.54 Å². The summed E-state index contributed by atoms with van der Waals surface area (Å²) in [6.45, 7) is 6.08. The second-order valence-electron chi connectivity index (χ2n) is 5.57. The van der Waals surface area contributed by atoms with Crippen molar-refractivity contribution in [2.75, 3.05) is 20.1 Å². The number of hydrogen-bond acceptors (Lipinski definition) is 3. The van der Waals surface area contributed by atoms with Gasteiger partial charge in [-0.25, -0.2) is 0 Å². The molecule has 0 bridgehead atoms. The summed E-state index contributed by atoms with van der Waals surface area (Å²) in [5, 5.41) is 0. The minimum Gasteiger partial charge on any atom is -0.488 e. The summed E-state index contributed by atoms with van der Waals surface area (Å²) in [4.78, 5) is 2.39. The zero-order valence-electron chi connectivity index (χ0n) is 12.4. The van der Waals surface area contributed by atoms with E-state index in [-0.39, 0.29) is 11.6 Å². The number of fused-ring (bicyclic) bond motifs is 1. The van der Waals surface area contributed by atoms with E-state index in [4.69, 9.17) is 10.5 Å². The number of ether oxygens (including phenoxy) is 1. The maximum Gasteiger partial charge on any atom is 0.123 e. The first-order valence-electron chi connectivity index (χ1n) is 7.31. The lowest BCUT2D eigenvalue weighted by Gasteiger charge is -2.41. The molecule has 106 valence electrons.